The Morgan fingerprint density at radius 1 is 1.35 bits per heavy atom. The Morgan fingerprint density at radius 3 is 2.45 bits per heavy atom. The number of ether oxygens (including phenoxy) is 1. The topological polar surface area (TPSA) is 97.7 Å². The number of hydrogen-bond donors (Lipinski definition) is 1. The Morgan fingerprint density at radius 2 is 2.00 bits per heavy atom. The Balaban J connectivity index is 2.21. The van der Waals surface area contributed by atoms with E-state index in [0.717, 1.165) is 0 Å². The van der Waals surface area contributed by atoms with Crippen molar-refractivity contribution in [1.82, 2.24) is 0 Å². The van der Waals surface area contributed by atoms with Crippen LogP contribution in [0.4, 0.5) is 0 Å². The van der Waals surface area contributed by atoms with E-state index < -0.39 is 29.7 Å². The highest BCUT2D eigenvalue weighted by atomic mass is 16.6. The van der Waals surface area contributed by atoms with Gasteiger partial charge in [-0.25, -0.2) is 0 Å². The van der Waals surface area contributed by atoms with Gasteiger partial charge in [0.2, 0.25) is 0 Å². The number of carboxylic acid groups (broad SMARTS) is 1. The number of aldehydes is 1. The number of carboxylic acids is 1. The normalized spacial score (nSPS) is 19.5. The summed E-state index contributed by atoms with van der Waals surface area (Å²) in [7, 11) is 0. The van der Waals surface area contributed by atoms with Gasteiger partial charge in [-0.2, -0.15) is 0 Å². The van der Waals surface area contributed by atoms with Crippen LogP contribution in [0, 0.1) is 0 Å². The zero-order chi connectivity index (χ0) is 14.7. The first kappa shape index (κ1) is 13.9. The third kappa shape index (κ3) is 2.74. The molecule has 0 bridgehead atoms. The predicted molar refractivity (Wildman–Crippen MR) is 66.0 cm³/mol. The fourth-order valence-corrected chi connectivity index (χ4v) is 2.17. The zero-order valence-corrected chi connectivity index (χ0v) is 10.4. The first-order valence-electron chi connectivity index (χ1n) is 6.03. The van der Waals surface area contributed by atoms with Crippen molar-refractivity contribution >= 4 is 24.2 Å². The summed E-state index contributed by atoms with van der Waals surface area (Å²) in [4.78, 5) is 44.0. The van der Waals surface area contributed by atoms with Gasteiger partial charge in [0.15, 0.2) is 0 Å². The molecule has 1 N–H and O–H groups in total. The number of benzene rings is 1. The summed E-state index contributed by atoms with van der Waals surface area (Å²) < 4.78 is 4.46. The van der Waals surface area contributed by atoms with Gasteiger partial charge in [0.25, 0.3) is 0 Å². The molecule has 2 unspecified atom stereocenters. The van der Waals surface area contributed by atoms with E-state index >= 15 is 0 Å². The van der Waals surface area contributed by atoms with Gasteiger partial charge in [0.05, 0.1) is 18.3 Å². The second-order valence-corrected chi connectivity index (χ2v) is 4.51. The molecule has 0 aliphatic carbocycles. The van der Waals surface area contributed by atoms with E-state index in [1.807, 2.05) is 0 Å². The molecule has 1 heterocycles. The number of aliphatic carboxylic acids is 1. The Kier molecular flexibility index (Phi) is 3.93. The highest BCUT2D eigenvalue weighted by molar-refractivity contribution is 5.97. The van der Waals surface area contributed by atoms with Crippen molar-refractivity contribution in [1.29, 1.82) is 0 Å². The van der Waals surface area contributed by atoms with Gasteiger partial charge < -0.3 is 14.6 Å². The van der Waals surface area contributed by atoms with Crippen LogP contribution in [0.5, 0.6) is 0 Å². The summed E-state index contributed by atoms with van der Waals surface area (Å²) >= 11 is 0. The van der Waals surface area contributed by atoms with Crippen LogP contribution < -0.4 is 0 Å². The molecule has 1 fully saturated rings. The molecule has 1 aromatic rings. The molecule has 0 amide bonds. The lowest BCUT2D eigenvalue weighted by molar-refractivity contribution is -0.152. The molecule has 1 saturated heterocycles. The summed E-state index contributed by atoms with van der Waals surface area (Å²) in [5, 5.41) is 9.04. The lowest BCUT2D eigenvalue weighted by Gasteiger charge is -2.11. The largest absolute Gasteiger partial charge is 0.481 e. The van der Waals surface area contributed by atoms with Crippen LogP contribution in [-0.2, 0) is 23.9 Å². The number of rotatable bonds is 5. The Labute approximate surface area is 114 Å². The first-order chi connectivity index (χ1) is 9.52. The molecule has 0 saturated carbocycles. The summed E-state index contributed by atoms with van der Waals surface area (Å²) in [6, 6.07) is 6.27. The van der Waals surface area contributed by atoms with Crippen molar-refractivity contribution in [2.45, 2.75) is 24.7 Å². The monoisotopic (exact) mass is 276 g/mol. The summed E-state index contributed by atoms with van der Waals surface area (Å²) in [5.41, 5.74) is 1.07. The quantitative estimate of drug-likeness (QED) is 0.489. The van der Waals surface area contributed by atoms with Gasteiger partial charge >= 0.3 is 17.9 Å². The van der Waals surface area contributed by atoms with E-state index in [1.165, 1.54) is 0 Å². The maximum Gasteiger partial charge on any atom is 0.321 e. The first-order valence-corrected chi connectivity index (χ1v) is 6.03. The predicted octanol–water partition coefficient (Wildman–Crippen LogP) is 1.00. The third-order valence-corrected chi connectivity index (χ3v) is 3.24. The molecule has 0 spiro atoms. The van der Waals surface area contributed by atoms with Crippen molar-refractivity contribution in [2.75, 3.05) is 0 Å². The van der Waals surface area contributed by atoms with Gasteiger partial charge in [-0.3, -0.25) is 14.4 Å². The minimum absolute atomic E-state index is 0.00508. The van der Waals surface area contributed by atoms with Crippen molar-refractivity contribution in [3.05, 3.63) is 35.4 Å². The SMILES string of the molecule is O=CCC(C(=O)O)c1ccc(C2CC(=O)OC2=O)cc1. The molecule has 6 nitrogen and oxygen atoms in total. The highest BCUT2D eigenvalue weighted by Crippen LogP contribution is 2.29. The van der Waals surface area contributed by atoms with Crippen molar-refractivity contribution < 1.29 is 29.0 Å². The van der Waals surface area contributed by atoms with Gasteiger partial charge in [0, 0.05) is 6.42 Å². The van der Waals surface area contributed by atoms with E-state index in [2.05, 4.69) is 4.74 Å². The molecule has 0 aromatic heterocycles. The second-order valence-electron chi connectivity index (χ2n) is 4.51. The molecule has 1 aliphatic rings. The number of cyclic esters (lactones) is 2. The van der Waals surface area contributed by atoms with Gasteiger partial charge in [-0.1, -0.05) is 24.3 Å². The lowest BCUT2D eigenvalue weighted by Crippen LogP contribution is -2.12. The van der Waals surface area contributed by atoms with Crippen LogP contribution >= 0.6 is 0 Å². The molecular weight excluding hydrogens is 264 g/mol. The van der Waals surface area contributed by atoms with E-state index in [-0.39, 0.29) is 12.8 Å². The fourth-order valence-electron chi connectivity index (χ4n) is 2.17. The maximum absolute atomic E-state index is 11.4. The van der Waals surface area contributed by atoms with E-state index in [1.54, 1.807) is 24.3 Å². The molecule has 0 radical (unpaired) electrons. The fraction of sp³-hybridized carbons (Fsp3) is 0.286. The van der Waals surface area contributed by atoms with Crippen LogP contribution in [0.2, 0.25) is 0 Å². The number of carbonyl (C=O) groups excluding carboxylic acids is 3. The summed E-state index contributed by atoms with van der Waals surface area (Å²) in [6.07, 6.45) is 0.438. The third-order valence-electron chi connectivity index (χ3n) is 3.24. The smallest absolute Gasteiger partial charge is 0.321 e. The number of carbonyl (C=O) groups is 4. The number of hydrogen-bond acceptors (Lipinski definition) is 5. The Bertz CT molecular complexity index is 539. The molecule has 1 aromatic carbocycles. The van der Waals surface area contributed by atoms with Crippen LogP contribution in [-0.4, -0.2) is 29.3 Å². The van der Waals surface area contributed by atoms with Gasteiger partial charge in [0.1, 0.15) is 6.29 Å². The van der Waals surface area contributed by atoms with Crippen molar-refractivity contribution in [3.8, 4) is 0 Å². The molecule has 1 aliphatic heterocycles. The van der Waals surface area contributed by atoms with Crippen molar-refractivity contribution in [2.24, 2.45) is 0 Å². The minimum atomic E-state index is -1.08. The maximum atomic E-state index is 11.4. The van der Waals surface area contributed by atoms with Crippen LogP contribution in [0.3, 0.4) is 0 Å². The van der Waals surface area contributed by atoms with E-state index in [4.69, 9.17) is 5.11 Å². The van der Waals surface area contributed by atoms with Crippen molar-refractivity contribution in [3.63, 3.8) is 0 Å². The summed E-state index contributed by atoms with van der Waals surface area (Å²) in [6.45, 7) is 0. The molecule has 2 atom stereocenters. The molecule has 104 valence electrons. The lowest BCUT2D eigenvalue weighted by atomic mass is 9.92. The van der Waals surface area contributed by atoms with Gasteiger partial charge in [-0.05, 0) is 11.1 Å². The van der Waals surface area contributed by atoms with E-state index in [9.17, 15) is 19.2 Å². The molecule has 2 rings (SSSR count). The average Bonchev–Trinajstić information content (AvgIpc) is 2.75. The zero-order valence-electron chi connectivity index (χ0n) is 10.4. The molecule has 20 heavy (non-hydrogen) atoms. The second kappa shape index (κ2) is 5.64. The highest BCUT2D eigenvalue weighted by Gasteiger charge is 2.34. The molecule has 6 heteroatoms. The summed E-state index contributed by atoms with van der Waals surface area (Å²) in [5.74, 6) is -3.77. The Hall–Kier alpha value is -2.50. The van der Waals surface area contributed by atoms with Gasteiger partial charge in [-0.15, -0.1) is 0 Å². The standard InChI is InChI=1S/C14H12O6/c15-6-5-10(13(17)18)8-1-3-9(4-2-8)11-7-12(16)20-14(11)19/h1-4,6,10-11H,5,7H2,(H,17,18). The van der Waals surface area contributed by atoms with E-state index in [0.29, 0.717) is 17.4 Å². The molecular formula is C14H12O6. The van der Waals surface area contributed by atoms with Crippen LogP contribution in [0.25, 0.3) is 0 Å². The van der Waals surface area contributed by atoms with Crippen LogP contribution in [0.1, 0.15) is 35.8 Å². The average molecular weight is 276 g/mol. The minimum Gasteiger partial charge on any atom is -0.481 e. The number of esters is 2. The van der Waals surface area contributed by atoms with Crippen LogP contribution in [0.15, 0.2) is 24.3 Å².